The monoisotopic (exact) mass is 258 g/mol. The molecule has 2 aromatic heterocycles. The first-order valence-electron chi connectivity index (χ1n) is 5.66. The van der Waals surface area contributed by atoms with E-state index in [1.165, 1.54) is 0 Å². The van der Waals surface area contributed by atoms with Gasteiger partial charge in [0.1, 0.15) is 5.65 Å². The van der Waals surface area contributed by atoms with Crippen LogP contribution >= 0.6 is 11.6 Å². The maximum atomic E-state index is 11.3. The van der Waals surface area contributed by atoms with E-state index in [9.17, 15) is 4.79 Å². The molecule has 0 bridgehead atoms. The fraction of sp³-hybridized carbons (Fsp3) is 0.0714. The van der Waals surface area contributed by atoms with Gasteiger partial charge in [0, 0.05) is 41.7 Å². The lowest BCUT2D eigenvalue weighted by molar-refractivity contribution is 1.11. The maximum absolute atomic E-state index is 11.3. The Labute approximate surface area is 109 Å². The molecule has 3 aromatic rings. The van der Waals surface area contributed by atoms with E-state index >= 15 is 0 Å². The highest BCUT2D eigenvalue weighted by atomic mass is 35.5. The largest absolute Gasteiger partial charge is 0.343 e. The third-order valence-corrected chi connectivity index (χ3v) is 3.25. The Balaban J connectivity index is 2.01. The predicted octanol–water partition coefficient (Wildman–Crippen LogP) is 2.87. The molecule has 1 aromatic carbocycles. The lowest BCUT2D eigenvalue weighted by Gasteiger charge is -2.00. The van der Waals surface area contributed by atoms with Crippen molar-refractivity contribution in [2.75, 3.05) is 0 Å². The fourth-order valence-corrected chi connectivity index (χ4v) is 2.21. The van der Waals surface area contributed by atoms with E-state index in [1.54, 1.807) is 18.3 Å². The van der Waals surface area contributed by atoms with Crippen molar-refractivity contribution < 1.29 is 0 Å². The predicted molar refractivity (Wildman–Crippen MR) is 72.3 cm³/mol. The van der Waals surface area contributed by atoms with Crippen LogP contribution in [0.4, 0.5) is 0 Å². The Hall–Kier alpha value is -2.00. The molecule has 18 heavy (non-hydrogen) atoms. The van der Waals surface area contributed by atoms with Gasteiger partial charge in [0.2, 0.25) is 0 Å². The van der Waals surface area contributed by atoms with Gasteiger partial charge in [0.25, 0.3) is 0 Å². The van der Waals surface area contributed by atoms with Crippen LogP contribution in [0.3, 0.4) is 0 Å². The van der Waals surface area contributed by atoms with Crippen LogP contribution in [0.5, 0.6) is 0 Å². The lowest BCUT2D eigenvalue weighted by Crippen LogP contribution is -1.97. The normalized spacial score (nSPS) is 10.9. The highest BCUT2D eigenvalue weighted by Gasteiger charge is 2.04. The third-order valence-electron chi connectivity index (χ3n) is 2.88. The first-order valence-corrected chi connectivity index (χ1v) is 6.03. The van der Waals surface area contributed by atoms with E-state index in [0.29, 0.717) is 0 Å². The zero-order valence-corrected chi connectivity index (χ0v) is 10.3. The molecule has 0 fully saturated rings. The molecular weight excluding hydrogens is 248 g/mol. The Kier molecular flexibility index (Phi) is 2.68. The Morgan fingerprint density at radius 1 is 1.22 bits per heavy atom. The number of aromatic nitrogens is 2. The van der Waals surface area contributed by atoms with Crippen molar-refractivity contribution in [2.45, 2.75) is 6.42 Å². The summed E-state index contributed by atoms with van der Waals surface area (Å²) in [5.41, 5.74) is 2.88. The minimum atomic E-state index is 0.00106. The van der Waals surface area contributed by atoms with E-state index in [2.05, 4.69) is 4.98 Å². The van der Waals surface area contributed by atoms with Gasteiger partial charge in [-0.25, -0.2) is 0 Å². The SMILES string of the molecule is O=c1ccn2cc(Cc3ccccc3Cl)[nH]c2c1. The molecule has 0 atom stereocenters. The molecule has 0 spiro atoms. The zero-order valence-electron chi connectivity index (χ0n) is 9.56. The quantitative estimate of drug-likeness (QED) is 0.754. The Morgan fingerprint density at radius 2 is 2.06 bits per heavy atom. The molecule has 0 aliphatic rings. The molecule has 0 amide bonds. The molecule has 0 saturated carbocycles. The van der Waals surface area contributed by atoms with Crippen LogP contribution < -0.4 is 5.43 Å². The van der Waals surface area contributed by atoms with Crippen LogP contribution in [0.25, 0.3) is 5.65 Å². The van der Waals surface area contributed by atoms with Gasteiger partial charge in [0.15, 0.2) is 5.43 Å². The molecule has 3 rings (SSSR count). The van der Waals surface area contributed by atoms with Crippen LogP contribution in [0.15, 0.2) is 53.6 Å². The van der Waals surface area contributed by atoms with Crippen molar-refractivity contribution in [3.05, 3.63) is 75.3 Å². The van der Waals surface area contributed by atoms with Crippen LogP contribution in [0.1, 0.15) is 11.3 Å². The minimum Gasteiger partial charge on any atom is -0.343 e. The van der Waals surface area contributed by atoms with Gasteiger partial charge in [-0.3, -0.25) is 4.79 Å². The molecule has 2 heterocycles. The third kappa shape index (κ3) is 2.05. The zero-order chi connectivity index (χ0) is 12.5. The topological polar surface area (TPSA) is 37.3 Å². The van der Waals surface area contributed by atoms with E-state index < -0.39 is 0 Å². The van der Waals surface area contributed by atoms with Crippen molar-refractivity contribution in [1.29, 1.82) is 0 Å². The minimum absolute atomic E-state index is 0.00106. The molecule has 3 nitrogen and oxygen atoms in total. The molecule has 0 aliphatic carbocycles. The Bertz CT molecular complexity index is 758. The number of nitrogens with one attached hydrogen (secondary N) is 1. The number of rotatable bonds is 2. The van der Waals surface area contributed by atoms with Crippen LogP contribution in [0.2, 0.25) is 5.02 Å². The summed E-state index contributed by atoms with van der Waals surface area (Å²) in [5, 5.41) is 0.755. The number of nitrogens with zero attached hydrogens (tertiary/aromatic N) is 1. The second-order valence-corrected chi connectivity index (χ2v) is 4.61. The summed E-state index contributed by atoms with van der Waals surface area (Å²) in [6.45, 7) is 0. The summed E-state index contributed by atoms with van der Waals surface area (Å²) in [6, 6.07) is 10.9. The van der Waals surface area contributed by atoms with Crippen molar-refractivity contribution in [2.24, 2.45) is 0 Å². The second kappa shape index (κ2) is 4.35. The number of benzene rings is 1. The smallest absolute Gasteiger partial charge is 0.183 e. The highest BCUT2D eigenvalue weighted by molar-refractivity contribution is 6.31. The van der Waals surface area contributed by atoms with Crippen molar-refractivity contribution in [3.8, 4) is 0 Å². The number of H-pyrrole nitrogens is 1. The summed E-state index contributed by atoms with van der Waals surface area (Å²) in [7, 11) is 0. The first kappa shape index (κ1) is 11.1. The standard InChI is InChI=1S/C14H11ClN2O/c15-13-4-2-1-3-10(13)7-11-9-17-6-5-12(18)8-14(17)16-11/h1-6,8-9,16H,7H2. The van der Waals surface area contributed by atoms with Gasteiger partial charge in [-0.2, -0.15) is 0 Å². The number of hydrogen-bond acceptors (Lipinski definition) is 1. The highest BCUT2D eigenvalue weighted by Crippen LogP contribution is 2.18. The number of aromatic amines is 1. The van der Waals surface area contributed by atoms with Gasteiger partial charge >= 0.3 is 0 Å². The van der Waals surface area contributed by atoms with Crippen molar-refractivity contribution >= 4 is 17.2 Å². The number of fused-ring (bicyclic) bond motifs is 1. The molecule has 1 N–H and O–H groups in total. The summed E-state index contributed by atoms with van der Waals surface area (Å²) in [6.07, 6.45) is 4.44. The van der Waals surface area contributed by atoms with Gasteiger partial charge in [0.05, 0.1) is 0 Å². The van der Waals surface area contributed by atoms with Crippen LogP contribution in [-0.4, -0.2) is 9.38 Å². The summed E-state index contributed by atoms with van der Waals surface area (Å²) in [4.78, 5) is 14.5. The van der Waals surface area contributed by atoms with Gasteiger partial charge in [-0.1, -0.05) is 29.8 Å². The van der Waals surface area contributed by atoms with E-state index in [4.69, 9.17) is 11.6 Å². The average Bonchev–Trinajstić information content (AvgIpc) is 2.73. The van der Waals surface area contributed by atoms with Gasteiger partial charge in [-0.05, 0) is 11.6 Å². The van der Waals surface area contributed by atoms with E-state index in [-0.39, 0.29) is 5.43 Å². The maximum Gasteiger partial charge on any atom is 0.183 e. The number of halogens is 1. The fourth-order valence-electron chi connectivity index (χ4n) is 2.01. The number of imidazole rings is 1. The van der Waals surface area contributed by atoms with E-state index in [0.717, 1.165) is 28.3 Å². The lowest BCUT2D eigenvalue weighted by atomic mass is 10.1. The number of pyridine rings is 1. The first-order chi connectivity index (χ1) is 8.72. The average molecular weight is 259 g/mol. The van der Waals surface area contributed by atoms with E-state index in [1.807, 2.05) is 34.9 Å². The molecule has 0 saturated heterocycles. The van der Waals surface area contributed by atoms with Gasteiger partial charge in [-0.15, -0.1) is 0 Å². The van der Waals surface area contributed by atoms with Crippen molar-refractivity contribution in [1.82, 2.24) is 9.38 Å². The molecule has 0 unspecified atom stereocenters. The summed E-state index contributed by atoms with van der Waals surface area (Å²) in [5.74, 6) is 0. The molecule has 0 aliphatic heterocycles. The van der Waals surface area contributed by atoms with Crippen molar-refractivity contribution in [3.63, 3.8) is 0 Å². The molecule has 90 valence electrons. The summed E-state index contributed by atoms with van der Waals surface area (Å²) < 4.78 is 1.90. The summed E-state index contributed by atoms with van der Waals surface area (Å²) >= 11 is 6.13. The van der Waals surface area contributed by atoms with Crippen LogP contribution in [0, 0.1) is 0 Å². The second-order valence-electron chi connectivity index (χ2n) is 4.20. The molecular formula is C14H11ClN2O. The number of hydrogen-bond donors (Lipinski definition) is 1. The van der Waals surface area contributed by atoms with Crippen LogP contribution in [-0.2, 0) is 6.42 Å². The molecule has 0 radical (unpaired) electrons. The van der Waals surface area contributed by atoms with Gasteiger partial charge < -0.3 is 9.38 Å². The Morgan fingerprint density at radius 3 is 2.89 bits per heavy atom. The molecule has 4 heteroatoms.